The van der Waals surface area contributed by atoms with Gasteiger partial charge in [0.2, 0.25) is 0 Å². The maximum atomic E-state index is 13.6. The number of anilines is 1. The minimum Gasteiger partial charge on any atom is -0.507 e. The number of rotatable bonds is 8. The molecule has 4 aromatic carbocycles. The Labute approximate surface area is 236 Å². The molecule has 40 heavy (non-hydrogen) atoms. The van der Waals surface area contributed by atoms with E-state index in [4.69, 9.17) is 25.8 Å². The monoisotopic (exact) mass is 555 g/mol. The standard InChI is InChI=1S/C32H26ClNO6/c1-38-26-18-27(39-2)25(33)17-24(26)30(35)28-29(34(32(37)31(28)36)22-13-7-4-8-14-22)21-12-9-15-23(16-21)40-19-20-10-5-3-6-11-20/h3-18,29,35H,19H2,1-2H3/b30-28+. The average molecular weight is 556 g/mol. The number of ether oxygens (including phenoxy) is 3. The number of halogens is 1. The molecule has 1 fully saturated rings. The number of hydrogen-bond acceptors (Lipinski definition) is 6. The van der Waals surface area contributed by atoms with Gasteiger partial charge in [-0.3, -0.25) is 14.5 Å². The Morgan fingerprint density at radius 1 is 0.850 bits per heavy atom. The molecule has 1 N–H and O–H groups in total. The molecule has 7 nitrogen and oxygen atoms in total. The fourth-order valence-electron chi connectivity index (χ4n) is 4.71. The summed E-state index contributed by atoms with van der Waals surface area (Å²) in [7, 11) is 2.88. The smallest absolute Gasteiger partial charge is 0.300 e. The molecule has 0 saturated carbocycles. The molecule has 8 heteroatoms. The SMILES string of the molecule is COc1cc(OC)c(/C(O)=C2\C(=O)C(=O)N(c3ccccc3)C2c2cccc(OCc3ccccc3)c2)cc1Cl. The van der Waals surface area contributed by atoms with Gasteiger partial charge in [0.05, 0.1) is 36.4 Å². The lowest BCUT2D eigenvalue weighted by Gasteiger charge is -2.26. The first-order chi connectivity index (χ1) is 19.4. The van der Waals surface area contributed by atoms with Crippen LogP contribution in [0, 0.1) is 0 Å². The lowest BCUT2D eigenvalue weighted by Crippen LogP contribution is -2.29. The second kappa shape index (κ2) is 11.6. The Kier molecular flexibility index (Phi) is 7.75. The minimum absolute atomic E-state index is 0.103. The molecule has 1 amide bonds. The summed E-state index contributed by atoms with van der Waals surface area (Å²) < 4.78 is 16.8. The number of methoxy groups -OCH3 is 2. The van der Waals surface area contributed by atoms with Gasteiger partial charge in [-0.05, 0) is 41.5 Å². The van der Waals surface area contributed by atoms with Crippen molar-refractivity contribution in [2.75, 3.05) is 19.1 Å². The number of nitrogens with zero attached hydrogens (tertiary/aromatic N) is 1. The van der Waals surface area contributed by atoms with Gasteiger partial charge in [-0.25, -0.2) is 0 Å². The maximum Gasteiger partial charge on any atom is 0.300 e. The average Bonchev–Trinajstić information content (AvgIpc) is 3.26. The van der Waals surface area contributed by atoms with E-state index in [2.05, 4.69) is 0 Å². The summed E-state index contributed by atoms with van der Waals surface area (Å²) in [4.78, 5) is 28.4. The quantitative estimate of drug-likeness (QED) is 0.150. The van der Waals surface area contributed by atoms with Crippen molar-refractivity contribution in [3.05, 3.63) is 124 Å². The Morgan fingerprint density at radius 3 is 2.20 bits per heavy atom. The number of carbonyl (C=O) groups is 2. The molecule has 1 unspecified atom stereocenters. The summed E-state index contributed by atoms with van der Waals surface area (Å²) in [5, 5.41) is 11.8. The van der Waals surface area contributed by atoms with Gasteiger partial charge in [0, 0.05) is 11.8 Å². The van der Waals surface area contributed by atoms with Gasteiger partial charge in [-0.2, -0.15) is 0 Å². The van der Waals surface area contributed by atoms with Crippen molar-refractivity contribution in [3.8, 4) is 17.2 Å². The van der Waals surface area contributed by atoms with Gasteiger partial charge in [0.1, 0.15) is 29.6 Å². The first-order valence-corrected chi connectivity index (χ1v) is 12.9. The van der Waals surface area contributed by atoms with Crippen LogP contribution < -0.4 is 19.1 Å². The third kappa shape index (κ3) is 5.11. The molecule has 0 spiro atoms. The van der Waals surface area contributed by atoms with Crippen LogP contribution in [0.15, 0.2) is 103 Å². The number of carbonyl (C=O) groups excluding carboxylic acids is 2. The van der Waals surface area contributed by atoms with Crippen LogP contribution in [-0.4, -0.2) is 31.0 Å². The Morgan fingerprint density at radius 2 is 1.52 bits per heavy atom. The highest BCUT2D eigenvalue weighted by Crippen LogP contribution is 2.45. The van der Waals surface area contributed by atoms with Crippen molar-refractivity contribution in [2.45, 2.75) is 12.6 Å². The number of aliphatic hydroxyl groups is 1. The van der Waals surface area contributed by atoms with Crippen LogP contribution in [-0.2, 0) is 16.2 Å². The van der Waals surface area contributed by atoms with E-state index in [0.717, 1.165) is 5.56 Å². The number of para-hydroxylation sites is 1. The molecule has 1 saturated heterocycles. The molecular formula is C32H26ClNO6. The summed E-state index contributed by atoms with van der Waals surface area (Å²) in [6.07, 6.45) is 0. The number of ketones is 1. The van der Waals surface area contributed by atoms with E-state index in [9.17, 15) is 14.7 Å². The highest BCUT2D eigenvalue weighted by Gasteiger charge is 2.47. The maximum absolute atomic E-state index is 13.6. The highest BCUT2D eigenvalue weighted by atomic mass is 35.5. The van der Waals surface area contributed by atoms with Crippen molar-refractivity contribution in [1.29, 1.82) is 0 Å². The number of benzene rings is 4. The van der Waals surface area contributed by atoms with E-state index in [1.165, 1.54) is 31.3 Å². The summed E-state index contributed by atoms with van der Waals surface area (Å²) in [5.74, 6) is -0.922. The van der Waals surface area contributed by atoms with Crippen LogP contribution in [0.4, 0.5) is 5.69 Å². The minimum atomic E-state index is -0.951. The van der Waals surface area contributed by atoms with E-state index in [1.807, 2.05) is 36.4 Å². The fourth-order valence-corrected chi connectivity index (χ4v) is 4.95. The largest absolute Gasteiger partial charge is 0.507 e. The zero-order valence-electron chi connectivity index (χ0n) is 21.8. The van der Waals surface area contributed by atoms with Crippen LogP contribution >= 0.6 is 11.6 Å². The van der Waals surface area contributed by atoms with Gasteiger partial charge in [0.25, 0.3) is 11.7 Å². The van der Waals surface area contributed by atoms with E-state index < -0.39 is 23.5 Å². The summed E-state index contributed by atoms with van der Waals surface area (Å²) in [6.45, 7) is 0.338. The lowest BCUT2D eigenvalue weighted by molar-refractivity contribution is -0.132. The molecule has 4 aromatic rings. The highest BCUT2D eigenvalue weighted by molar-refractivity contribution is 6.51. The first kappa shape index (κ1) is 26.8. The van der Waals surface area contributed by atoms with Gasteiger partial charge >= 0.3 is 0 Å². The van der Waals surface area contributed by atoms with Crippen molar-refractivity contribution < 1.29 is 28.9 Å². The Hall–Kier alpha value is -4.75. The third-order valence-electron chi connectivity index (χ3n) is 6.63. The molecule has 0 radical (unpaired) electrons. The van der Waals surface area contributed by atoms with Gasteiger partial charge in [-0.15, -0.1) is 0 Å². The Bertz CT molecular complexity index is 1590. The fraction of sp³-hybridized carbons (Fsp3) is 0.125. The molecule has 0 aliphatic carbocycles. The molecule has 1 aliphatic rings. The number of hydrogen-bond donors (Lipinski definition) is 1. The van der Waals surface area contributed by atoms with Gasteiger partial charge in [0.15, 0.2) is 0 Å². The van der Waals surface area contributed by atoms with Crippen molar-refractivity contribution in [3.63, 3.8) is 0 Å². The van der Waals surface area contributed by atoms with Crippen LogP contribution in [0.1, 0.15) is 22.7 Å². The molecule has 1 heterocycles. The summed E-state index contributed by atoms with van der Waals surface area (Å²) >= 11 is 6.37. The van der Waals surface area contributed by atoms with Crippen LogP contribution in [0.2, 0.25) is 5.02 Å². The molecule has 0 aromatic heterocycles. The van der Waals surface area contributed by atoms with E-state index in [-0.39, 0.29) is 21.9 Å². The van der Waals surface area contributed by atoms with Crippen molar-refractivity contribution >= 4 is 34.7 Å². The second-order valence-electron chi connectivity index (χ2n) is 9.04. The molecule has 202 valence electrons. The zero-order chi connectivity index (χ0) is 28.2. The zero-order valence-corrected chi connectivity index (χ0v) is 22.6. The van der Waals surface area contributed by atoms with Crippen molar-refractivity contribution in [1.82, 2.24) is 0 Å². The Balaban J connectivity index is 1.65. The van der Waals surface area contributed by atoms with E-state index in [0.29, 0.717) is 29.4 Å². The normalized spacial score (nSPS) is 16.2. The molecule has 1 atom stereocenters. The number of amides is 1. The third-order valence-corrected chi connectivity index (χ3v) is 6.93. The predicted molar refractivity (Wildman–Crippen MR) is 153 cm³/mol. The van der Waals surface area contributed by atoms with Crippen molar-refractivity contribution in [2.24, 2.45) is 0 Å². The van der Waals surface area contributed by atoms with Crippen LogP contribution in [0.25, 0.3) is 5.76 Å². The predicted octanol–water partition coefficient (Wildman–Crippen LogP) is 6.56. The van der Waals surface area contributed by atoms with E-state index >= 15 is 0 Å². The molecule has 5 rings (SSSR count). The lowest BCUT2D eigenvalue weighted by atomic mass is 9.94. The van der Waals surface area contributed by atoms with Gasteiger partial charge in [-0.1, -0.05) is 72.3 Å². The number of aliphatic hydroxyl groups excluding tert-OH is 1. The first-order valence-electron chi connectivity index (χ1n) is 12.5. The van der Waals surface area contributed by atoms with Crippen LogP contribution in [0.3, 0.4) is 0 Å². The second-order valence-corrected chi connectivity index (χ2v) is 9.45. The summed E-state index contributed by atoms with van der Waals surface area (Å²) in [6, 6.07) is 27.7. The topological polar surface area (TPSA) is 85.3 Å². The number of Topliss-reactive ketones (excluding diaryl/α,β-unsaturated/α-hetero) is 1. The van der Waals surface area contributed by atoms with E-state index in [1.54, 1.807) is 48.5 Å². The molecule has 0 bridgehead atoms. The molecular weight excluding hydrogens is 530 g/mol. The van der Waals surface area contributed by atoms with Gasteiger partial charge < -0.3 is 19.3 Å². The van der Waals surface area contributed by atoms with Crippen LogP contribution in [0.5, 0.6) is 17.2 Å². The summed E-state index contributed by atoms with van der Waals surface area (Å²) in [5.41, 5.74) is 2.12. The molecule has 1 aliphatic heterocycles.